The maximum atomic E-state index is 5.88. The highest BCUT2D eigenvalue weighted by Crippen LogP contribution is 2.31. The Bertz CT molecular complexity index is 446. The molecule has 0 spiro atoms. The molecule has 0 unspecified atom stereocenters. The van der Waals surface area contributed by atoms with E-state index in [1.54, 1.807) is 0 Å². The van der Waals surface area contributed by atoms with Crippen LogP contribution in [0.4, 0.5) is 0 Å². The van der Waals surface area contributed by atoms with E-state index in [-0.39, 0.29) is 0 Å². The van der Waals surface area contributed by atoms with E-state index < -0.39 is 0 Å². The topological polar surface area (TPSA) is 28.4 Å². The van der Waals surface area contributed by atoms with Gasteiger partial charge in [-0.3, -0.25) is 4.90 Å². The van der Waals surface area contributed by atoms with Crippen molar-refractivity contribution in [3.8, 4) is 0 Å². The van der Waals surface area contributed by atoms with E-state index in [4.69, 9.17) is 4.42 Å². The minimum Gasteiger partial charge on any atom is -0.465 e. The SMILES string of the molecule is Cc1oc(CNC2CC2)cc1CN1CCCC1(C)C. The van der Waals surface area contributed by atoms with Crippen molar-refractivity contribution in [3.05, 3.63) is 23.2 Å². The zero-order chi connectivity index (χ0) is 13.5. The Hall–Kier alpha value is -0.800. The van der Waals surface area contributed by atoms with Crippen LogP contribution in [0.5, 0.6) is 0 Å². The molecule has 3 rings (SSSR count). The summed E-state index contributed by atoms with van der Waals surface area (Å²) in [4.78, 5) is 2.59. The summed E-state index contributed by atoms with van der Waals surface area (Å²) >= 11 is 0. The van der Waals surface area contributed by atoms with Crippen LogP contribution in [0.25, 0.3) is 0 Å². The van der Waals surface area contributed by atoms with E-state index in [2.05, 4.69) is 37.1 Å². The first kappa shape index (κ1) is 13.2. The van der Waals surface area contributed by atoms with E-state index in [9.17, 15) is 0 Å². The molecule has 3 heteroatoms. The average Bonchev–Trinajstić information content (AvgIpc) is 3.03. The summed E-state index contributed by atoms with van der Waals surface area (Å²) in [6.45, 7) is 9.93. The lowest BCUT2D eigenvalue weighted by atomic mass is 10.0. The quantitative estimate of drug-likeness (QED) is 0.883. The van der Waals surface area contributed by atoms with Gasteiger partial charge in [0.1, 0.15) is 11.5 Å². The number of aryl methyl sites for hydroxylation is 1. The molecule has 0 radical (unpaired) electrons. The van der Waals surface area contributed by atoms with E-state index >= 15 is 0 Å². The van der Waals surface area contributed by atoms with Crippen LogP contribution in [0, 0.1) is 6.92 Å². The van der Waals surface area contributed by atoms with Crippen LogP contribution in [-0.4, -0.2) is 23.0 Å². The highest BCUT2D eigenvalue weighted by molar-refractivity contribution is 5.21. The van der Waals surface area contributed by atoms with Crippen LogP contribution >= 0.6 is 0 Å². The van der Waals surface area contributed by atoms with Gasteiger partial charge in [-0.2, -0.15) is 0 Å². The van der Waals surface area contributed by atoms with Crippen molar-refractivity contribution in [1.82, 2.24) is 10.2 Å². The molecule has 3 nitrogen and oxygen atoms in total. The normalized spacial score (nSPS) is 23.1. The number of likely N-dealkylation sites (tertiary alicyclic amines) is 1. The van der Waals surface area contributed by atoms with Crippen molar-refractivity contribution in [2.75, 3.05) is 6.54 Å². The third-order valence-corrected chi connectivity index (χ3v) is 4.65. The molecule has 106 valence electrons. The Morgan fingerprint density at radius 3 is 2.84 bits per heavy atom. The maximum Gasteiger partial charge on any atom is 0.118 e. The van der Waals surface area contributed by atoms with Crippen LogP contribution in [0.2, 0.25) is 0 Å². The summed E-state index contributed by atoms with van der Waals surface area (Å²) in [5.74, 6) is 2.19. The van der Waals surface area contributed by atoms with Crippen LogP contribution in [0.1, 0.15) is 56.6 Å². The van der Waals surface area contributed by atoms with Gasteiger partial charge in [-0.15, -0.1) is 0 Å². The van der Waals surface area contributed by atoms with Gasteiger partial charge in [0.05, 0.1) is 6.54 Å². The second-order valence-corrected chi connectivity index (χ2v) is 6.79. The highest BCUT2D eigenvalue weighted by atomic mass is 16.3. The van der Waals surface area contributed by atoms with Crippen molar-refractivity contribution in [2.45, 2.75) is 71.1 Å². The number of hydrogen-bond acceptors (Lipinski definition) is 3. The van der Waals surface area contributed by atoms with Gasteiger partial charge in [0, 0.05) is 23.7 Å². The van der Waals surface area contributed by atoms with Gasteiger partial charge in [-0.05, 0) is 59.1 Å². The summed E-state index contributed by atoms with van der Waals surface area (Å²) in [5, 5.41) is 3.52. The molecule has 0 bridgehead atoms. The molecule has 0 aromatic carbocycles. The van der Waals surface area contributed by atoms with Crippen molar-refractivity contribution < 1.29 is 4.42 Å². The zero-order valence-corrected chi connectivity index (χ0v) is 12.5. The number of nitrogens with zero attached hydrogens (tertiary/aromatic N) is 1. The minimum atomic E-state index is 0.343. The molecule has 1 aliphatic carbocycles. The monoisotopic (exact) mass is 262 g/mol. The Morgan fingerprint density at radius 1 is 1.42 bits per heavy atom. The molecule has 19 heavy (non-hydrogen) atoms. The fourth-order valence-corrected chi connectivity index (χ4v) is 3.03. The highest BCUT2D eigenvalue weighted by Gasteiger charge is 2.32. The van der Waals surface area contributed by atoms with Gasteiger partial charge in [0.15, 0.2) is 0 Å². The fourth-order valence-electron chi connectivity index (χ4n) is 3.03. The van der Waals surface area contributed by atoms with Crippen molar-refractivity contribution in [1.29, 1.82) is 0 Å². The molecule has 1 saturated heterocycles. The van der Waals surface area contributed by atoms with Gasteiger partial charge in [0.2, 0.25) is 0 Å². The zero-order valence-electron chi connectivity index (χ0n) is 12.5. The van der Waals surface area contributed by atoms with Gasteiger partial charge < -0.3 is 9.73 Å². The summed E-state index contributed by atoms with van der Waals surface area (Å²) in [6.07, 6.45) is 5.28. The first-order chi connectivity index (χ1) is 9.04. The van der Waals surface area contributed by atoms with E-state index in [1.165, 1.54) is 37.8 Å². The van der Waals surface area contributed by atoms with Crippen LogP contribution in [-0.2, 0) is 13.1 Å². The molecule has 0 amide bonds. The van der Waals surface area contributed by atoms with Crippen molar-refractivity contribution in [2.24, 2.45) is 0 Å². The Kier molecular flexibility index (Phi) is 3.44. The lowest BCUT2D eigenvalue weighted by Gasteiger charge is -2.31. The van der Waals surface area contributed by atoms with Crippen LogP contribution in [0.15, 0.2) is 10.5 Å². The number of hydrogen-bond donors (Lipinski definition) is 1. The Labute approximate surface area is 116 Å². The summed E-state index contributed by atoms with van der Waals surface area (Å²) < 4.78 is 5.88. The molecule has 1 saturated carbocycles. The molecule has 2 fully saturated rings. The molecular weight excluding hydrogens is 236 g/mol. The minimum absolute atomic E-state index is 0.343. The number of nitrogens with one attached hydrogen (secondary N) is 1. The molecular formula is C16H26N2O. The summed E-state index contributed by atoms with van der Waals surface area (Å²) in [6, 6.07) is 2.99. The second-order valence-electron chi connectivity index (χ2n) is 6.79. The Balaban J connectivity index is 1.63. The van der Waals surface area contributed by atoms with Crippen molar-refractivity contribution >= 4 is 0 Å². The third kappa shape index (κ3) is 3.03. The largest absolute Gasteiger partial charge is 0.465 e. The molecule has 1 aliphatic heterocycles. The van der Waals surface area contributed by atoms with Crippen LogP contribution in [0.3, 0.4) is 0 Å². The van der Waals surface area contributed by atoms with Gasteiger partial charge in [-0.1, -0.05) is 0 Å². The van der Waals surface area contributed by atoms with Gasteiger partial charge >= 0.3 is 0 Å². The molecule has 2 aliphatic rings. The van der Waals surface area contributed by atoms with E-state index in [1.807, 2.05) is 0 Å². The third-order valence-electron chi connectivity index (χ3n) is 4.65. The first-order valence-corrected chi connectivity index (χ1v) is 7.61. The maximum absolute atomic E-state index is 5.88. The molecule has 0 atom stereocenters. The molecule has 2 heterocycles. The van der Waals surface area contributed by atoms with Gasteiger partial charge in [0.25, 0.3) is 0 Å². The Morgan fingerprint density at radius 2 is 2.21 bits per heavy atom. The second kappa shape index (κ2) is 4.95. The standard InChI is InChI=1S/C16H26N2O/c1-12-13(11-18-8-4-7-16(18,2)3)9-15(19-12)10-17-14-5-6-14/h9,14,17H,4-8,10-11H2,1-3H3. The smallest absolute Gasteiger partial charge is 0.118 e. The van der Waals surface area contributed by atoms with Gasteiger partial charge in [-0.25, -0.2) is 0 Å². The fraction of sp³-hybridized carbons (Fsp3) is 0.750. The predicted octanol–water partition coefficient (Wildman–Crippen LogP) is 3.21. The summed E-state index contributed by atoms with van der Waals surface area (Å²) in [5.41, 5.74) is 1.71. The van der Waals surface area contributed by atoms with Crippen molar-refractivity contribution in [3.63, 3.8) is 0 Å². The molecule has 1 N–H and O–H groups in total. The van der Waals surface area contributed by atoms with E-state index in [0.717, 1.165) is 30.7 Å². The first-order valence-electron chi connectivity index (χ1n) is 7.61. The lowest BCUT2D eigenvalue weighted by Crippen LogP contribution is -2.37. The summed E-state index contributed by atoms with van der Waals surface area (Å²) in [7, 11) is 0. The van der Waals surface area contributed by atoms with E-state index in [0.29, 0.717) is 5.54 Å². The number of rotatable bonds is 5. The average molecular weight is 262 g/mol. The number of furan rings is 1. The predicted molar refractivity (Wildman–Crippen MR) is 77.0 cm³/mol. The lowest BCUT2D eigenvalue weighted by molar-refractivity contribution is 0.165. The molecule has 1 aromatic rings. The molecule has 1 aromatic heterocycles. The van der Waals surface area contributed by atoms with Crippen LogP contribution < -0.4 is 5.32 Å².